The lowest BCUT2D eigenvalue weighted by molar-refractivity contribution is -0.170. The minimum Gasteiger partial charge on any atom is -0.455 e. The van der Waals surface area contributed by atoms with Crippen LogP contribution in [0.1, 0.15) is 32.1 Å². The number of hydrogen-bond donors (Lipinski definition) is 2. The number of nitrogens with one attached hydrogen (secondary N) is 1. The molecule has 1 amide bonds. The van der Waals surface area contributed by atoms with Crippen LogP contribution in [0.4, 0.5) is 5.69 Å². The van der Waals surface area contributed by atoms with Gasteiger partial charge in [0.1, 0.15) is 5.75 Å². The predicted molar refractivity (Wildman–Crippen MR) is 101 cm³/mol. The van der Waals surface area contributed by atoms with Gasteiger partial charge < -0.3 is 19.9 Å². The molecule has 0 spiro atoms. The Morgan fingerprint density at radius 1 is 0.963 bits per heavy atom. The second-order valence-electron chi connectivity index (χ2n) is 6.63. The molecule has 0 atom stereocenters. The first-order chi connectivity index (χ1) is 13.1. The molecule has 2 N–H and O–H groups in total. The maximum Gasteiger partial charge on any atom is 0.338 e. The Morgan fingerprint density at radius 3 is 2.37 bits per heavy atom. The van der Waals surface area contributed by atoms with Crippen molar-refractivity contribution in [1.29, 1.82) is 0 Å². The van der Waals surface area contributed by atoms with E-state index in [-0.39, 0.29) is 0 Å². The first-order valence-electron chi connectivity index (χ1n) is 9.08. The van der Waals surface area contributed by atoms with Gasteiger partial charge in [-0.3, -0.25) is 4.79 Å². The lowest BCUT2D eigenvalue weighted by atomic mass is 9.85. The summed E-state index contributed by atoms with van der Waals surface area (Å²) in [6.07, 6.45) is 3.31. The van der Waals surface area contributed by atoms with Gasteiger partial charge in [-0.25, -0.2) is 4.79 Å². The number of carbonyl (C=O) groups excluding carboxylic acids is 2. The third-order valence-electron chi connectivity index (χ3n) is 4.53. The highest BCUT2D eigenvalue weighted by atomic mass is 16.6. The molecule has 0 saturated heterocycles. The third-order valence-corrected chi connectivity index (χ3v) is 4.53. The van der Waals surface area contributed by atoms with E-state index in [2.05, 4.69) is 5.32 Å². The summed E-state index contributed by atoms with van der Waals surface area (Å²) < 4.78 is 10.8. The molecule has 1 aliphatic carbocycles. The standard InChI is InChI=1S/C21H23NO5/c23-19(15-26-20(24)21(25)13-7-2-8-14-21)22-17-11-5-6-12-18(17)27-16-9-3-1-4-10-16/h1,3-6,9-12,25H,2,7-8,13-15H2,(H,22,23). The topological polar surface area (TPSA) is 84.9 Å². The van der Waals surface area contributed by atoms with Crippen molar-refractivity contribution in [3.63, 3.8) is 0 Å². The van der Waals surface area contributed by atoms with E-state index < -0.39 is 24.1 Å². The van der Waals surface area contributed by atoms with Crippen LogP contribution >= 0.6 is 0 Å². The van der Waals surface area contributed by atoms with E-state index in [1.807, 2.05) is 30.3 Å². The smallest absolute Gasteiger partial charge is 0.338 e. The maximum atomic E-state index is 12.2. The van der Waals surface area contributed by atoms with Crippen molar-refractivity contribution in [2.75, 3.05) is 11.9 Å². The van der Waals surface area contributed by atoms with Crippen molar-refractivity contribution < 1.29 is 24.2 Å². The van der Waals surface area contributed by atoms with Gasteiger partial charge in [-0.05, 0) is 49.9 Å². The molecule has 6 nitrogen and oxygen atoms in total. The maximum absolute atomic E-state index is 12.2. The molecule has 0 bridgehead atoms. The largest absolute Gasteiger partial charge is 0.455 e. The molecule has 27 heavy (non-hydrogen) atoms. The molecule has 0 heterocycles. The average Bonchev–Trinajstić information content (AvgIpc) is 2.69. The third kappa shape index (κ3) is 5.08. The molecule has 0 unspecified atom stereocenters. The van der Waals surface area contributed by atoms with Crippen molar-refractivity contribution in [2.24, 2.45) is 0 Å². The van der Waals surface area contributed by atoms with Crippen LogP contribution in [-0.2, 0) is 14.3 Å². The second-order valence-corrected chi connectivity index (χ2v) is 6.63. The molecule has 0 radical (unpaired) electrons. The van der Waals surface area contributed by atoms with Gasteiger partial charge in [0, 0.05) is 0 Å². The molecular weight excluding hydrogens is 346 g/mol. The quantitative estimate of drug-likeness (QED) is 0.759. The van der Waals surface area contributed by atoms with Crippen LogP contribution in [0.3, 0.4) is 0 Å². The average molecular weight is 369 g/mol. The zero-order valence-corrected chi connectivity index (χ0v) is 15.0. The van der Waals surface area contributed by atoms with E-state index in [1.54, 1.807) is 24.3 Å². The Bertz CT molecular complexity index is 784. The zero-order chi connectivity index (χ0) is 19.1. The second kappa shape index (κ2) is 8.68. The Kier molecular flexibility index (Phi) is 6.08. The summed E-state index contributed by atoms with van der Waals surface area (Å²) in [5, 5.41) is 13.0. The number of aliphatic hydroxyl groups is 1. The van der Waals surface area contributed by atoms with Gasteiger partial charge in [0.25, 0.3) is 5.91 Å². The minimum atomic E-state index is -1.47. The first-order valence-corrected chi connectivity index (χ1v) is 9.08. The zero-order valence-electron chi connectivity index (χ0n) is 15.0. The van der Waals surface area contributed by atoms with Crippen LogP contribution in [0, 0.1) is 0 Å². The van der Waals surface area contributed by atoms with E-state index in [9.17, 15) is 14.7 Å². The molecule has 0 aromatic heterocycles. The Morgan fingerprint density at radius 2 is 1.63 bits per heavy atom. The summed E-state index contributed by atoms with van der Waals surface area (Å²) in [4.78, 5) is 24.3. The molecule has 3 rings (SSSR count). The molecule has 6 heteroatoms. The Labute approximate surface area is 158 Å². The van der Waals surface area contributed by atoms with Crippen molar-refractivity contribution in [1.82, 2.24) is 0 Å². The summed E-state index contributed by atoms with van der Waals surface area (Å²) in [7, 11) is 0. The van der Waals surface area contributed by atoms with E-state index in [4.69, 9.17) is 9.47 Å². The summed E-state index contributed by atoms with van der Waals surface area (Å²) in [6, 6.07) is 16.2. The molecular formula is C21H23NO5. The van der Waals surface area contributed by atoms with Crippen molar-refractivity contribution in [3.8, 4) is 11.5 Å². The van der Waals surface area contributed by atoms with Gasteiger partial charge in [-0.1, -0.05) is 36.8 Å². The summed E-state index contributed by atoms with van der Waals surface area (Å²) >= 11 is 0. The number of anilines is 1. The summed E-state index contributed by atoms with van der Waals surface area (Å²) in [5.41, 5.74) is -0.994. The van der Waals surface area contributed by atoms with Gasteiger partial charge in [0.15, 0.2) is 18.0 Å². The number of hydrogen-bond acceptors (Lipinski definition) is 5. The highest BCUT2D eigenvalue weighted by Crippen LogP contribution is 2.30. The lowest BCUT2D eigenvalue weighted by Crippen LogP contribution is -2.42. The highest BCUT2D eigenvalue weighted by molar-refractivity contribution is 5.94. The number of amides is 1. The van der Waals surface area contributed by atoms with Gasteiger partial charge in [-0.15, -0.1) is 0 Å². The number of benzene rings is 2. The van der Waals surface area contributed by atoms with Crippen LogP contribution in [0.5, 0.6) is 11.5 Å². The fraction of sp³-hybridized carbons (Fsp3) is 0.333. The number of rotatable bonds is 6. The van der Waals surface area contributed by atoms with Crippen LogP contribution < -0.4 is 10.1 Å². The number of para-hydroxylation sites is 3. The monoisotopic (exact) mass is 369 g/mol. The minimum absolute atomic E-state index is 0.376. The van der Waals surface area contributed by atoms with Crippen LogP contribution in [-0.4, -0.2) is 29.2 Å². The van der Waals surface area contributed by atoms with E-state index in [1.165, 1.54) is 0 Å². The fourth-order valence-electron chi connectivity index (χ4n) is 3.07. The normalized spacial score (nSPS) is 15.6. The Hall–Kier alpha value is -2.86. The van der Waals surface area contributed by atoms with Crippen molar-refractivity contribution in [3.05, 3.63) is 54.6 Å². The Balaban J connectivity index is 1.57. The number of carbonyl (C=O) groups is 2. The summed E-state index contributed by atoms with van der Waals surface area (Å²) in [5.74, 6) is -0.0996. The van der Waals surface area contributed by atoms with Crippen LogP contribution in [0.15, 0.2) is 54.6 Å². The fourth-order valence-corrected chi connectivity index (χ4v) is 3.07. The van der Waals surface area contributed by atoms with Crippen LogP contribution in [0.2, 0.25) is 0 Å². The van der Waals surface area contributed by atoms with E-state index >= 15 is 0 Å². The summed E-state index contributed by atoms with van der Waals surface area (Å²) in [6.45, 7) is -0.458. The van der Waals surface area contributed by atoms with Crippen molar-refractivity contribution in [2.45, 2.75) is 37.7 Å². The lowest BCUT2D eigenvalue weighted by Gasteiger charge is -2.29. The first kappa shape index (κ1) is 18.9. The van der Waals surface area contributed by atoms with Gasteiger partial charge >= 0.3 is 5.97 Å². The molecule has 2 aromatic carbocycles. The predicted octanol–water partition coefficient (Wildman–Crippen LogP) is 3.66. The van der Waals surface area contributed by atoms with E-state index in [0.717, 1.165) is 19.3 Å². The molecule has 1 fully saturated rings. The van der Waals surface area contributed by atoms with Crippen LogP contribution in [0.25, 0.3) is 0 Å². The number of ether oxygens (including phenoxy) is 2. The molecule has 1 aliphatic rings. The van der Waals surface area contributed by atoms with Crippen molar-refractivity contribution >= 4 is 17.6 Å². The van der Waals surface area contributed by atoms with Gasteiger partial charge in [-0.2, -0.15) is 0 Å². The molecule has 0 aliphatic heterocycles. The molecule has 1 saturated carbocycles. The molecule has 142 valence electrons. The molecule has 2 aromatic rings. The van der Waals surface area contributed by atoms with Gasteiger partial charge in [0.05, 0.1) is 5.69 Å². The highest BCUT2D eigenvalue weighted by Gasteiger charge is 2.38. The van der Waals surface area contributed by atoms with Gasteiger partial charge in [0.2, 0.25) is 0 Å². The SMILES string of the molecule is O=C(COC(=O)C1(O)CCCCC1)Nc1ccccc1Oc1ccccc1. The number of esters is 1. The van der Waals surface area contributed by atoms with E-state index in [0.29, 0.717) is 30.0 Å².